The third kappa shape index (κ3) is 4.65. The van der Waals surface area contributed by atoms with Crippen molar-refractivity contribution < 1.29 is 18.3 Å². The molecule has 0 bridgehead atoms. The van der Waals surface area contributed by atoms with Crippen LogP contribution in [0.2, 0.25) is 0 Å². The summed E-state index contributed by atoms with van der Waals surface area (Å²) in [5.41, 5.74) is 5.41. The number of rotatable bonds is 8. The molecule has 0 spiro atoms. The summed E-state index contributed by atoms with van der Waals surface area (Å²) >= 11 is 0. The average Bonchev–Trinajstić information content (AvgIpc) is 2.34. The van der Waals surface area contributed by atoms with Crippen LogP contribution in [-0.4, -0.2) is 40.5 Å². The Hall–Kier alpha value is -1.40. The Kier molecular flexibility index (Phi) is 6.52. The van der Waals surface area contributed by atoms with Gasteiger partial charge in [-0.15, -0.1) is 0 Å². The second-order valence-corrected chi connectivity index (χ2v) is 4.16. The molecule has 0 fully saturated rings. The number of benzene rings is 1. The van der Waals surface area contributed by atoms with Gasteiger partial charge in [-0.2, -0.15) is 0 Å². The number of nitrogens with zero attached hydrogens (tertiary/aromatic N) is 1. The first-order valence-electron chi connectivity index (χ1n) is 6.07. The number of ether oxygens (including phenoxy) is 2. The van der Waals surface area contributed by atoms with Gasteiger partial charge in [0.05, 0.1) is 6.61 Å². The van der Waals surface area contributed by atoms with Crippen LogP contribution in [0.5, 0.6) is 0 Å². The Morgan fingerprint density at radius 2 is 1.63 bits per heavy atom. The molecule has 0 radical (unpaired) electrons. The summed E-state index contributed by atoms with van der Waals surface area (Å²) in [6.07, 6.45) is 0.670. The van der Waals surface area contributed by atoms with Crippen molar-refractivity contribution >= 4 is 11.4 Å². The van der Waals surface area contributed by atoms with Gasteiger partial charge in [-0.1, -0.05) is 0 Å². The van der Waals surface area contributed by atoms with Crippen LogP contribution in [0.25, 0.3) is 0 Å². The SMILES string of the molecule is COCCCN(CCOC)c1c(F)cc(N)cc1F. The zero-order chi connectivity index (χ0) is 14.3. The fourth-order valence-corrected chi connectivity index (χ4v) is 1.82. The van der Waals surface area contributed by atoms with Gasteiger partial charge >= 0.3 is 0 Å². The Balaban J connectivity index is 2.89. The fraction of sp³-hybridized carbons (Fsp3) is 0.538. The lowest BCUT2D eigenvalue weighted by molar-refractivity contribution is 0.190. The molecule has 0 atom stereocenters. The van der Waals surface area contributed by atoms with E-state index in [1.165, 1.54) is 0 Å². The highest BCUT2D eigenvalue weighted by atomic mass is 19.1. The van der Waals surface area contributed by atoms with Crippen molar-refractivity contribution in [2.24, 2.45) is 0 Å². The van der Waals surface area contributed by atoms with Crippen LogP contribution in [0.4, 0.5) is 20.2 Å². The van der Waals surface area contributed by atoms with Crippen LogP contribution >= 0.6 is 0 Å². The quantitative estimate of drug-likeness (QED) is 0.582. The average molecular weight is 274 g/mol. The topological polar surface area (TPSA) is 47.7 Å². The van der Waals surface area contributed by atoms with E-state index in [4.69, 9.17) is 15.2 Å². The largest absolute Gasteiger partial charge is 0.399 e. The third-order valence-electron chi connectivity index (χ3n) is 2.70. The summed E-state index contributed by atoms with van der Waals surface area (Å²) in [4.78, 5) is 1.60. The maximum absolute atomic E-state index is 13.9. The van der Waals surface area contributed by atoms with Crippen molar-refractivity contribution in [1.29, 1.82) is 0 Å². The molecule has 0 saturated carbocycles. The minimum atomic E-state index is -0.661. The summed E-state index contributed by atoms with van der Waals surface area (Å²) in [6.45, 7) is 1.80. The summed E-state index contributed by atoms with van der Waals surface area (Å²) in [7, 11) is 3.13. The lowest BCUT2D eigenvalue weighted by Crippen LogP contribution is -2.30. The molecule has 0 heterocycles. The van der Waals surface area contributed by atoms with Gasteiger partial charge in [0.25, 0.3) is 0 Å². The van der Waals surface area contributed by atoms with Gasteiger partial charge in [-0.25, -0.2) is 8.78 Å². The van der Waals surface area contributed by atoms with Crippen LogP contribution in [0, 0.1) is 11.6 Å². The number of anilines is 2. The Bertz CT molecular complexity index is 379. The lowest BCUT2D eigenvalue weighted by Gasteiger charge is -2.25. The summed E-state index contributed by atoms with van der Waals surface area (Å²) in [5.74, 6) is -1.32. The number of nitrogen functional groups attached to an aromatic ring is 1. The highest BCUT2D eigenvalue weighted by Gasteiger charge is 2.17. The molecule has 2 N–H and O–H groups in total. The number of hydrogen-bond acceptors (Lipinski definition) is 4. The molecule has 1 aromatic carbocycles. The van der Waals surface area contributed by atoms with Gasteiger partial charge in [-0.3, -0.25) is 0 Å². The number of methoxy groups -OCH3 is 2. The van der Waals surface area contributed by atoms with E-state index < -0.39 is 11.6 Å². The maximum Gasteiger partial charge on any atom is 0.151 e. The van der Waals surface area contributed by atoms with E-state index >= 15 is 0 Å². The van der Waals surface area contributed by atoms with Crippen molar-refractivity contribution in [2.75, 3.05) is 51.2 Å². The predicted molar refractivity (Wildman–Crippen MR) is 71.4 cm³/mol. The third-order valence-corrected chi connectivity index (χ3v) is 2.70. The Labute approximate surface area is 112 Å². The van der Waals surface area contributed by atoms with Gasteiger partial charge in [0, 0.05) is 39.6 Å². The zero-order valence-electron chi connectivity index (χ0n) is 11.3. The van der Waals surface area contributed by atoms with E-state index in [2.05, 4.69) is 0 Å². The minimum Gasteiger partial charge on any atom is -0.399 e. The molecule has 1 rings (SSSR count). The Morgan fingerprint density at radius 3 is 2.16 bits per heavy atom. The highest BCUT2D eigenvalue weighted by molar-refractivity contribution is 5.55. The van der Waals surface area contributed by atoms with Crippen molar-refractivity contribution in [3.63, 3.8) is 0 Å². The molecule has 19 heavy (non-hydrogen) atoms. The molecule has 108 valence electrons. The first-order valence-corrected chi connectivity index (χ1v) is 6.07. The van der Waals surface area contributed by atoms with Crippen molar-refractivity contribution in [2.45, 2.75) is 6.42 Å². The van der Waals surface area contributed by atoms with E-state index in [9.17, 15) is 8.78 Å². The second-order valence-electron chi connectivity index (χ2n) is 4.16. The summed E-state index contributed by atoms with van der Waals surface area (Å²) < 4.78 is 37.6. The lowest BCUT2D eigenvalue weighted by atomic mass is 10.2. The van der Waals surface area contributed by atoms with Crippen LogP contribution in [0.3, 0.4) is 0 Å². The number of halogens is 2. The normalized spacial score (nSPS) is 10.7. The molecule has 4 nitrogen and oxygen atoms in total. The van der Waals surface area contributed by atoms with Gasteiger partial charge in [-0.05, 0) is 18.6 Å². The molecule has 0 saturated heterocycles. The molecule has 0 unspecified atom stereocenters. The van der Waals surface area contributed by atoms with Crippen molar-refractivity contribution in [3.05, 3.63) is 23.8 Å². The monoisotopic (exact) mass is 274 g/mol. The van der Waals surface area contributed by atoms with Gasteiger partial charge in [0.1, 0.15) is 5.69 Å². The van der Waals surface area contributed by atoms with Gasteiger partial charge < -0.3 is 20.1 Å². The molecule has 0 aliphatic rings. The molecule has 0 aliphatic heterocycles. The molecule has 1 aromatic rings. The molecular formula is C13H20F2N2O2. The van der Waals surface area contributed by atoms with Crippen LogP contribution < -0.4 is 10.6 Å². The molecule has 6 heteroatoms. The Morgan fingerprint density at radius 1 is 1.05 bits per heavy atom. The van der Waals surface area contributed by atoms with E-state index in [-0.39, 0.29) is 11.4 Å². The van der Waals surface area contributed by atoms with E-state index in [0.717, 1.165) is 12.1 Å². The van der Waals surface area contributed by atoms with E-state index in [1.807, 2.05) is 0 Å². The summed E-state index contributed by atoms with van der Waals surface area (Å²) in [5, 5.41) is 0. The molecule has 0 aliphatic carbocycles. The second kappa shape index (κ2) is 7.91. The highest BCUT2D eigenvalue weighted by Crippen LogP contribution is 2.26. The van der Waals surface area contributed by atoms with E-state index in [1.54, 1.807) is 19.1 Å². The smallest absolute Gasteiger partial charge is 0.151 e. The van der Waals surface area contributed by atoms with Crippen molar-refractivity contribution in [1.82, 2.24) is 0 Å². The molecular weight excluding hydrogens is 254 g/mol. The molecule has 0 aromatic heterocycles. The van der Waals surface area contributed by atoms with E-state index in [0.29, 0.717) is 32.7 Å². The number of hydrogen-bond donors (Lipinski definition) is 1. The first-order chi connectivity index (χ1) is 9.10. The van der Waals surface area contributed by atoms with Crippen LogP contribution in [0.1, 0.15) is 6.42 Å². The standard InChI is InChI=1S/C13H20F2N2O2/c1-18-6-3-4-17(5-7-19-2)13-11(14)8-10(16)9-12(13)15/h8-9H,3-7,16H2,1-2H3. The minimum absolute atomic E-state index is 0.0673. The van der Waals surface area contributed by atoms with Gasteiger partial charge in [0.15, 0.2) is 11.6 Å². The zero-order valence-corrected chi connectivity index (χ0v) is 11.3. The predicted octanol–water partition coefficient (Wildman–Crippen LogP) is 2.04. The van der Waals surface area contributed by atoms with Gasteiger partial charge in [0.2, 0.25) is 0 Å². The van der Waals surface area contributed by atoms with Crippen LogP contribution in [0.15, 0.2) is 12.1 Å². The fourth-order valence-electron chi connectivity index (χ4n) is 1.82. The van der Waals surface area contributed by atoms with Crippen LogP contribution in [-0.2, 0) is 9.47 Å². The number of nitrogens with two attached hydrogens (primary N) is 1. The maximum atomic E-state index is 13.9. The first kappa shape index (κ1) is 15.7. The van der Waals surface area contributed by atoms with Crippen molar-refractivity contribution in [3.8, 4) is 0 Å². The molecule has 0 amide bonds. The summed E-state index contributed by atoms with van der Waals surface area (Å²) in [6, 6.07) is 2.24.